The van der Waals surface area contributed by atoms with Gasteiger partial charge in [0.15, 0.2) is 11.1 Å². The first-order valence-electron chi connectivity index (χ1n) is 5.98. The molecule has 3 rings (SSSR count). The predicted octanol–water partition coefficient (Wildman–Crippen LogP) is 1.55. The Morgan fingerprint density at radius 2 is 2.00 bits per heavy atom. The number of nitrogen functional groups attached to an aromatic ring is 1. The van der Waals surface area contributed by atoms with Crippen LogP contribution in [0.5, 0.6) is 0 Å². The third-order valence-corrected chi connectivity index (χ3v) is 4.51. The van der Waals surface area contributed by atoms with Gasteiger partial charge in [0, 0.05) is 18.8 Å². The van der Waals surface area contributed by atoms with Crippen molar-refractivity contribution < 1.29 is 8.76 Å². The van der Waals surface area contributed by atoms with Crippen molar-refractivity contribution in [3.05, 3.63) is 17.2 Å². The van der Waals surface area contributed by atoms with Crippen LogP contribution >= 0.6 is 0 Å². The molecule has 3 N–H and O–H groups in total. The molecule has 1 atom stereocenters. The van der Waals surface area contributed by atoms with Gasteiger partial charge in [-0.25, -0.2) is 4.21 Å². The minimum Gasteiger partial charge on any atom is -0.398 e. The van der Waals surface area contributed by atoms with E-state index < -0.39 is 11.1 Å². The molecular weight excluding hydrogens is 236 g/mol. The van der Waals surface area contributed by atoms with Crippen LogP contribution in [0.15, 0.2) is 11.0 Å². The highest BCUT2D eigenvalue weighted by Gasteiger charge is 2.28. The molecule has 0 bridgehead atoms. The lowest BCUT2D eigenvalue weighted by atomic mass is 9.91. The molecule has 0 aliphatic carbocycles. The molecule has 1 aromatic carbocycles. The average Bonchev–Trinajstić information content (AvgIpc) is 2.28. The van der Waals surface area contributed by atoms with Crippen molar-refractivity contribution in [2.75, 3.05) is 23.7 Å². The molecule has 1 aromatic rings. The highest BCUT2D eigenvalue weighted by molar-refractivity contribution is 7.79. The van der Waals surface area contributed by atoms with E-state index in [1.165, 1.54) is 11.3 Å². The van der Waals surface area contributed by atoms with E-state index in [9.17, 15) is 8.76 Å². The van der Waals surface area contributed by atoms with E-state index in [1.54, 1.807) is 0 Å². The summed E-state index contributed by atoms with van der Waals surface area (Å²) in [4.78, 5) is 2.78. The van der Waals surface area contributed by atoms with Gasteiger partial charge in [0.2, 0.25) is 0 Å². The Morgan fingerprint density at radius 3 is 2.71 bits per heavy atom. The summed E-state index contributed by atoms with van der Waals surface area (Å²) in [5, 5.41) is 0. The standard InChI is InChI=1S/C12H16N2O2S/c13-10-7-8-3-1-5-14-6-2-4-9(11(8)14)12(10)17(15)16/h7H,1-6,13H2,(H,15,16). The molecule has 0 radical (unpaired) electrons. The molecule has 2 aliphatic rings. The van der Waals surface area contributed by atoms with Crippen LogP contribution in [0.4, 0.5) is 11.4 Å². The van der Waals surface area contributed by atoms with Crippen LogP contribution in [0.2, 0.25) is 0 Å². The van der Waals surface area contributed by atoms with Gasteiger partial charge in [-0.1, -0.05) is 0 Å². The van der Waals surface area contributed by atoms with Crippen LogP contribution in [0.1, 0.15) is 24.0 Å². The van der Waals surface area contributed by atoms with Gasteiger partial charge in [0.1, 0.15) is 0 Å². The molecule has 0 aromatic heterocycles. The van der Waals surface area contributed by atoms with Crippen LogP contribution in [0, 0.1) is 0 Å². The molecular formula is C12H16N2O2S. The first-order chi connectivity index (χ1) is 8.18. The van der Waals surface area contributed by atoms with Gasteiger partial charge in [0.25, 0.3) is 0 Å². The summed E-state index contributed by atoms with van der Waals surface area (Å²) in [6.07, 6.45) is 4.08. The number of hydrogen-bond acceptors (Lipinski definition) is 3. The van der Waals surface area contributed by atoms with Gasteiger partial charge in [-0.05, 0) is 42.9 Å². The van der Waals surface area contributed by atoms with Crippen LogP contribution in [0.3, 0.4) is 0 Å². The lowest BCUT2D eigenvalue weighted by molar-refractivity contribution is 0.560. The maximum Gasteiger partial charge on any atom is 0.188 e. The van der Waals surface area contributed by atoms with Crippen molar-refractivity contribution in [2.24, 2.45) is 0 Å². The fourth-order valence-electron chi connectivity index (χ4n) is 3.06. The number of anilines is 2. The second-order valence-corrected chi connectivity index (χ2v) is 5.63. The highest BCUT2D eigenvalue weighted by atomic mass is 32.2. The topological polar surface area (TPSA) is 66.6 Å². The average molecular weight is 252 g/mol. The van der Waals surface area contributed by atoms with Gasteiger partial charge in [-0.15, -0.1) is 0 Å². The van der Waals surface area contributed by atoms with Gasteiger partial charge >= 0.3 is 0 Å². The maximum atomic E-state index is 11.4. The summed E-state index contributed by atoms with van der Waals surface area (Å²) in [6.45, 7) is 2.11. The zero-order valence-corrected chi connectivity index (χ0v) is 10.4. The first kappa shape index (κ1) is 11.0. The number of benzene rings is 1. The first-order valence-corrected chi connectivity index (χ1v) is 7.09. The van der Waals surface area contributed by atoms with Crippen LogP contribution in [-0.2, 0) is 23.9 Å². The Balaban J connectivity index is 2.28. The molecule has 0 amide bonds. The predicted molar refractivity (Wildman–Crippen MR) is 68.7 cm³/mol. The summed E-state index contributed by atoms with van der Waals surface area (Å²) in [5.41, 5.74) is 9.84. The monoisotopic (exact) mass is 252 g/mol. The molecule has 92 valence electrons. The summed E-state index contributed by atoms with van der Waals surface area (Å²) >= 11 is -1.98. The van der Waals surface area contributed by atoms with E-state index in [-0.39, 0.29) is 0 Å². The summed E-state index contributed by atoms with van der Waals surface area (Å²) in [5.74, 6) is 0. The van der Waals surface area contributed by atoms with E-state index in [1.807, 2.05) is 6.07 Å². The Morgan fingerprint density at radius 1 is 1.29 bits per heavy atom. The number of aryl methyl sites for hydroxylation is 1. The van der Waals surface area contributed by atoms with E-state index >= 15 is 0 Å². The maximum absolute atomic E-state index is 11.4. The molecule has 4 nitrogen and oxygen atoms in total. The molecule has 2 aliphatic heterocycles. The minimum atomic E-state index is -1.98. The Labute approximate surface area is 103 Å². The molecule has 0 saturated carbocycles. The van der Waals surface area contributed by atoms with Crippen molar-refractivity contribution >= 4 is 22.5 Å². The Kier molecular flexibility index (Phi) is 2.60. The smallest absolute Gasteiger partial charge is 0.188 e. The molecule has 0 saturated heterocycles. The largest absolute Gasteiger partial charge is 0.398 e. The van der Waals surface area contributed by atoms with Crippen LogP contribution in [-0.4, -0.2) is 21.9 Å². The molecule has 5 heteroatoms. The van der Waals surface area contributed by atoms with Crippen molar-refractivity contribution in [3.8, 4) is 0 Å². The second-order valence-electron chi connectivity index (χ2n) is 4.72. The quantitative estimate of drug-likeness (QED) is 0.588. The third-order valence-electron chi connectivity index (χ3n) is 3.68. The highest BCUT2D eigenvalue weighted by Crippen LogP contribution is 2.40. The van der Waals surface area contributed by atoms with E-state index in [0.717, 1.165) is 44.3 Å². The molecule has 0 spiro atoms. The van der Waals surface area contributed by atoms with Gasteiger partial charge < -0.3 is 15.2 Å². The van der Waals surface area contributed by atoms with E-state index in [0.29, 0.717) is 10.6 Å². The van der Waals surface area contributed by atoms with Crippen molar-refractivity contribution in [1.82, 2.24) is 0 Å². The fourth-order valence-corrected chi connectivity index (χ4v) is 3.73. The van der Waals surface area contributed by atoms with Crippen LogP contribution in [0.25, 0.3) is 0 Å². The SMILES string of the molecule is Nc1cc2c3c(c1S(=O)O)CCCN3CCC2. The number of nitrogens with zero attached hydrogens (tertiary/aromatic N) is 1. The lowest BCUT2D eigenvalue weighted by Gasteiger charge is -2.37. The Hall–Kier alpha value is -1.07. The zero-order valence-electron chi connectivity index (χ0n) is 9.61. The van der Waals surface area contributed by atoms with Crippen LogP contribution < -0.4 is 10.6 Å². The summed E-state index contributed by atoms with van der Waals surface area (Å²) in [7, 11) is 0. The summed E-state index contributed by atoms with van der Waals surface area (Å²) in [6, 6.07) is 1.89. The van der Waals surface area contributed by atoms with Gasteiger partial charge in [0.05, 0.1) is 10.6 Å². The zero-order chi connectivity index (χ0) is 12.0. The van der Waals surface area contributed by atoms with Gasteiger partial charge in [-0.2, -0.15) is 0 Å². The lowest BCUT2D eigenvalue weighted by Crippen LogP contribution is -2.35. The van der Waals surface area contributed by atoms with Gasteiger partial charge in [-0.3, -0.25) is 0 Å². The van der Waals surface area contributed by atoms with Crippen molar-refractivity contribution in [2.45, 2.75) is 30.6 Å². The van der Waals surface area contributed by atoms with Crippen molar-refractivity contribution in [1.29, 1.82) is 0 Å². The number of rotatable bonds is 1. The fraction of sp³-hybridized carbons (Fsp3) is 0.500. The van der Waals surface area contributed by atoms with E-state index in [4.69, 9.17) is 5.73 Å². The molecule has 17 heavy (non-hydrogen) atoms. The molecule has 1 unspecified atom stereocenters. The summed E-state index contributed by atoms with van der Waals surface area (Å²) < 4.78 is 20.8. The molecule has 2 heterocycles. The third kappa shape index (κ3) is 1.65. The minimum absolute atomic E-state index is 0.440. The van der Waals surface area contributed by atoms with E-state index in [2.05, 4.69) is 4.90 Å². The molecule has 0 fully saturated rings. The number of nitrogens with two attached hydrogens (primary N) is 1. The second kappa shape index (κ2) is 3.99. The number of hydrogen-bond donors (Lipinski definition) is 2. The normalized spacial score (nSPS) is 19.9. The Bertz CT molecular complexity index is 500. The van der Waals surface area contributed by atoms with Crippen molar-refractivity contribution in [3.63, 3.8) is 0 Å².